The van der Waals surface area contributed by atoms with E-state index in [1.807, 2.05) is 89.9 Å². The number of aliphatic hydroxyl groups is 2. The van der Waals surface area contributed by atoms with Crippen molar-refractivity contribution in [2.24, 2.45) is 5.16 Å². The monoisotopic (exact) mass is 460 g/mol. The van der Waals surface area contributed by atoms with Crippen LogP contribution in [-0.2, 0) is 9.63 Å². The van der Waals surface area contributed by atoms with Crippen molar-refractivity contribution in [3.8, 4) is 0 Å². The van der Waals surface area contributed by atoms with Crippen LogP contribution in [0.4, 0.5) is 5.69 Å². The lowest BCUT2D eigenvalue weighted by molar-refractivity contribution is -0.136. The van der Waals surface area contributed by atoms with Gasteiger partial charge in [0.2, 0.25) is 0 Å². The Hall–Kier alpha value is -3.52. The molecule has 0 amide bonds. The van der Waals surface area contributed by atoms with Crippen molar-refractivity contribution >= 4 is 46.9 Å². The first kappa shape index (κ1) is 22.7. The van der Waals surface area contributed by atoms with Crippen LogP contribution in [0.2, 0.25) is 0 Å². The Bertz CT molecular complexity index is 1170. The van der Waals surface area contributed by atoms with E-state index < -0.39 is 5.97 Å². The number of nitrogens with zero attached hydrogens (tertiary/aromatic N) is 2. The zero-order valence-corrected chi connectivity index (χ0v) is 18.7. The molecule has 0 aliphatic carbocycles. The number of benzene rings is 2. The Balaban J connectivity index is 1.46. The van der Waals surface area contributed by atoms with Crippen molar-refractivity contribution in [3.05, 3.63) is 93.2 Å². The number of carbonyl (C=O) groups is 1. The second kappa shape index (κ2) is 10.9. The van der Waals surface area contributed by atoms with Gasteiger partial charge in [0.1, 0.15) is 5.71 Å². The fourth-order valence-electron chi connectivity index (χ4n) is 3.48. The van der Waals surface area contributed by atoms with Gasteiger partial charge in [0, 0.05) is 34.1 Å². The Morgan fingerprint density at radius 1 is 0.879 bits per heavy atom. The zero-order valence-electron chi connectivity index (χ0n) is 17.9. The van der Waals surface area contributed by atoms with Gasteiger partial charge in [-0.25, -0.2) is 4.79 Å². The highest BCUT2D eigenvalue weighted by Gasteiger charge is 2.26. The smallest absolute Gasteiger partial charge is 0.368 e. The molecular formula is C26H24N2O4S. The highest BCUT2D eigenvalue weighted by Crippen LogP contribution is 2.26. The third kappa shape index (κ3) is 5.64. The average Bonchev–Trinajstić information content (AvgIpc) is 3.45. The van der Waals surface area contributed by atoms with Gasteiger partial charge in [-0.3, -0.25) is 0 Å². The van der Waals surface area contributed by atoms with Crippen LogP contribution in [0.1, 0.15) is 20.9 Å². The topological polar surface area (TPSA) is 82.4 Å². The maximum atomic E-state index is 12.2. The number of aliphatic hydroxyl groups excluding tert-OH is 2. The summed E-state index contributed by atoms with van der Waals surface area (Å²) in [6.45, 7) is 1.03. The highest BCUT2D eigenvalue weighted by atomic mass is 32.1. The van der Waals surface area contributed by atoms with Gasteiger partial charge in [-0.05, 0) is 42.0 Å². The molecule has 2 aromatic carbocycles. The minimum absolute atomic E-state index is 0.0367. The lowest BCUT2D eigenvalue weighted by Gasteiger charge is -2.22. The van der Waals surface area contributed by atoms with Crippen LogP contribution in [0.3, 0.4) is 0 Å². The second-order valence-corrected chi connectivity index (χ2v) is 8.49. The summed E-state index contributed by atoms with van der Waals surface area (Å²) in [4.78, 5) is 21.0. The van der Waals surface area contributed by atoms with Gasteiger partial charge in [-0.2, -0.15) is 0 Å². The first-order chi connectivity index (χ1) is 16.2. The molecule has 0 radical (unpaired) electrons. The molecule has 1 aliphatic heterocycles. The molecule has 0 spiro atoms. The van der Waals surface area contributed by atoms with E-state index in [-0.39, 0.29) is 13.2 Å². The Kier molecular flexibility index (Phi) is 7.47. The van der Waals surface area contributed by atoms with Crippen LogP contribution in [0, 0.1) is 0 Å². The van der Waals surface area contributed by atoms with Crippen LogP contribution in [0.15, 0.2) is 77.5 Å². The largest absolute Gasteiger partial charge is 0.395 e. The Morgan fingerprint density at radius 3 is 2.27 bits per heavy atom. The molecule has 33 heavy (non-hydrogen) atoms. The summed E-state index contributed by atoms with van der Waals surface area (Å²) in [6.07, 6.45) is 5.87. The number of anilines is 1. The highest BCUT2D eigenvalue weighted by molar-refractivity contribution is 7.13. The quantitative estimate of drug-likeness (QED) is 0.372. The third-order valence-electron chi connectivity index (χ3n) is 5.11. The summed E-state index contributed by atoms with van der Waals surface area (Å²) >= 11 is 1.57. The summed E-state index contributed by atoms with van der Waals surface area (Å²) in [5.41, 5.74) is 3.83. The van der Waals surface area contributed by atoms with E-state index in [1.165, 1.54) is 0 Å². The predicted molar refractivity (Wildman–Crippen MR) is 133 cm³/mol. The maximum absolute atomic E-state index is 12.2. The van der Waals surface area contributed by atoms with Gasteiger partial charge in [-0.1, -0.05) is 53.7 Å². The summed E-state index contributed by atoms with van der Waals surface area (Å²) in [5.74, 6) is -0.448. The molecule has 7 heteroatoms. The van der Waals surface area contributed by atoms with E-state index in [1.54, 1.807) is 11.3 Å². The molecule has 2 heterocycles. The minimum Gasteiger partial charge on any atom is -0.395 e. The van der Waals surface area contributed by atoms with Crippen LogP contribution in [0.25, 0.3) is 18.2 Å². The van der Waals surface area contributed by atoms with Gasteiger partial charge in [0.05, 0.1) is 18.8 Å². The molecule has 2 N–H and O–H groups in total. The Labute approximate surface area is 196 Å². The van der Waals surface area contributed by atoms with Crippen LogP contribution in [0.5, 0.6) is 0 Å². The number of carbonyl (C=O) groups excluding carboxylic acids is 1. The molecule has 1 aromatic heterocycles. The molecular weight excluding hydrogens is 436 g/mol. The summed E-state index contributed by atoms with van der Waals surface area (Å²) < 4.78 is 0. The van der Waals surface area contributed by atoms with Gasteiger partial charge in [0.15, 0.2) is 0 Å². The molecule has 1 aliphatic rings. The fourth-order valence-corrected chi connectivity index (χ4v) is 4.33. The van der Waals surface area contributed by atoms with Crippen LogP contribution < -0.4 is 4.90 Å². The predicted octanol–water partition coefficient (Wildman–Crippen LogP) is 4.05. The normalized spacial score (nSPS) is 14.7. The summed E-state index contributed by atoms with van der Waals surface area (Å²) in [7, 11) is 0. The molecule has 6 nitrogen and oxygen atoms in total. The second-order valence-electron chi connectivity index (χ2n) is 7.34. The van der Waals surface area contributed by atoms with Crippen LogP contribution >= 0.6 is 11.3 Å². The lowest BCUT2D eigenvalue weighted by Crippen LogP contribution is -2.29. The zero-order chi connectivity index (χ0) is 23.0. The molecule has 0 atom stereocenters. The van der Waals surface area contributed by atoms with E-state index in [9.17, 15) is 15.0 Å². The van der Waals surface area contributed by atoms with Crippen molar-refractivity contribution in [2.45, 2.75) is 0 Å². The van der Waals surface area contributed by atoms with Crippen molar-refractivity contribution < 1.29 is 19.8 Å². The van der Waals surface area contributed by atoms with E-state index in [2.05, 4.69) is 5.16 Å². The molecule has 3 aromatic rings. The van der Waals surface area contributed by atoms with Crippen molar-refractivity contribution in [1.29, 1.82) is 0 Å². The summed E-state index contributed by atoms with van der Waals surface area (Å²) in [6, 6.07) is 21.4. The first-order valence-electron chi connectivity index (χ1n) is 10.6. The van der Waals surface area contributed by atoms with Gasteiger partial charge in [0.25, 0.3) is 0 Å². The SMILES string of the molecule is O=C1ON=C(c2ccccc2)/C1=C/c1ccc(/C=C/c2ccc(N(CCO)CCO)cc2)s1. The van der Waals surface area contributed by atoms with Crippen molar-refractivity contribution in [2.75, 3.05) is 31.2 Å². The van der Waals surface area contributed by atoms with Crippen molar-refractivity contribution in [1.82, 2.24) is 0 Å². The lowest BCUT2D eigenvalue weighted by atomic mass is 10.0. The molecule has 168 valence electrons. The molecule has 0 fully saturated rings. The van der Waals surface area contributed by atoms with Gasteiger partial charge < -0.3 is 20.0 Å². The van der Waals surface area contributed by atoms with Crippen molar-refractivity contribution in [3.63, 3.8) is 0 Å². The van der Waals surface area contributed by atoms with E-state index >= 15 is 0 Å². The van der Waals surface area contributed by atoms with Gasteiger partial charge >= 0.3 is 5.97 Å². The molecule has 0 saturated carbocycles. The number of rotatable bonds is 9. The maximum Gasteiger partial charge on any atom is 0.368 e. The molecule has 0 bridgehead atoms. The van der Waals surface area contributed by atoms with E-state index in [0.717, 1.165) is 26.6 Å². The molecule has 0 saturated heterocycles. The Morgan fingerprint density at radius 2 is 1.58 bits per heavy atom. The summed E-state index contributed by atoms with van der Waals surface area (Å²) in [5, 5.41) is 22.3. The molecule has 0 unspecified atom stereocenters. The molecule has 4 rings (SSSR count). The minimum atomic E-state index is -0.448. The first-order valence-corrected chi connectivity index (χ1v) is 11.4. The number of thiophene rings is 1. The van der Waals surface area contributed by atoms with Crippen LogP contribution in [-0.4, -0.2) is 48.2 Å². The van der Waals surface area contributed by atoms with E-state index in [4.69, 9.17) is 4.84 Å². The average molecular weight is 461 g/mol. The van der Waals surface area contributed by atoms with Gasteiger partial charge in [-0.15, -0.1) is 11.3 Å². The third-order valence-corrected chi connectivity index (χ3v) is 6.11. The number of hydrogen-bond acceptors (Lipinski definition) is 7. The number of oxime groups is 1. The standard InChI is InChI=1S/C26H24N2O4S/c29-16-14-28(15-17-30)21-9-6-19(7-10-21)8-11-22-12-13-23(33-22)18-24-25(27-32-26(24)31)20-4-2-1-3-5-20/h1-13,18,29-30H,14-17H2/b11-8+,24-18-. The van der Waals surface area contributed by atoms with E-state index in [0.29, 0.717) is 24.4 Å². The number of hydrogen-bond donors (Lipinski definition) is 2. The fraction of sp³-hybridized carbons (Fsp3) is 0.154.